The van der Waals surface area contributed by atoms with Crippen LogP contribution in [0.5, 0.6) is 0 Å². The molecule has 30 atom stereocenters. The van der Waals surface area contributed by atoms with Crippen LogP contribution in [0.4, 0.5) is 0 Å². The van der Waals surface area contributed by atoms with E-state index in [1.807, 2.05) is 6.92 Å². The highest BCUT2D eigenvalue weighted by Crippen LogP contribution is 2.70. The Hall–Kier alpha value is -1.44. The van der Waals surface area contributed by atoms with E-state index in [0.717, 1.165) is 24.8 Å². The van der Waals surface area contributed by atoms with Crippen molar-refractivity contribution in [2.24, 2.45) is 40.4 Å². The average Bonchev–Trinajstić information content (AvgIpc) is 3.80. The number of ether oxygens (including phenoxy) is 9. The van der Waals surface area contributed by atoms with Crippen LogP contribution in [0.25, 0.3) is 0 Å². The summed E-state index contributed by atoms with van der Waals surface area (Å²) in [6, 6.07) is 0. The quantitative estimate of drug-likeness (QED) is 0.0752. The van der Waals surface area contributed by atoms with Crippen LogP contribution in [0, 0.1) is 40.4 Å². The zero-order valence-corrected chi connectivity index (χ0v) is 41.8. The minimum absolute atomic E-state index is 0.0327. The van der Waals surface area contributed by atoms with Crippen LogP contribution >= 0.6 is 0 Å². The molecule has 9 aliphatic rings. The van der Waals surface area contributed by atoms with E-state index in [1.165, 1.54) is 6.92 Å². The van der Waals surface area contributed by atoms with Crippen LogP contribution in [0.3, 0.4) is 0 Å². The molecule has 14 N–H and O–H groups in total. The Morgan fingerprint density at radius 2 is 1.34 bits per heavy atom. The van der Waals surface area contributed by atoms with Crippen molar-refractivity contribution >= 4 is 0 Å². The van der Waals surface area contributed by atoms with Crippen LogP contribution in [-0.2, 0) is 42.6 Å². The predicted octanol–water partition coefficient (Wildman–Crippen LogP) is -3.48. The zero-order chi connectivity index (χ0) is 52.8. The van der Waals surface area contributed by atoms with Crippen molar-refractivity contribution in [2.75, 3.05) is 26.4 Å². The third-order valence-corrected chi connectivity index (χ3v) is 18.9. The van der Waals surface area contributed by atoms with Gasteiger partial charge in [-0.05, 0) is 74.5 Å². The Morgan fingerprint density at radius 3 is 2.01 bits per heavy atom. The molecular formula is C50H80O23. The van der Waals surface area contributed by atoms with Gasteiger partial charge in [0.05, 0.1) is 50.8 Å². The van der Waals surface area contributed by atoms with Gasteiger partial charge in [0.25, 0.3) is 0 Å². The van der Waals surface area contributed by atoms with Gasteiger partial charge in [-0.2, -0.15) is 0 Å². The second-order valence-electron chi connectivity index (χ2n) is 23.0. The van der Waals surface area contributed by atoms with Gasteiger partial charge in [-0.25, -0.2) is 0 Å². The number of hydrogen-bond acceptors (Lipinski definition) is 23. The van der Waals surface area contributed by atoms with Crippen molar-refractivity contribution in [2.45, 2.75) is 220 Å². The van der Waals surface area contributed by atoms with E-state index in [1.54, 1.807) is 0 Å². The zero-order valence-electron chi connectivity index (χ0n) is 41.8. The number of fused-ring (bicyclic) bond motifs is 7. The van der Waals surface area contributed by atoms with Gasteiger partial charge in [0.1, 0.15) is 85.5 Å². The van der Waals surface area contributed by atoms with E-state index in [0.29, 0.717) is 24.8 Å². The average molecular weight is 1050 g/mol. The van der Waals surface area contributed by atoms with Crippen LogP contribution in [0.15, 0.2) is 23.8 Å². The number of aliphatic hydroxyl groups is 14. The van der Waals surface area contributed by atoms with E-state index < -0.39 is 153 Å². The van der Waals surface area contributed by atoms with Crippen LogP contribution in [-0.4, -0.2) is 239 Å². The second kappa shape index (κ2) is 21.7. The smallest absolute Gasteiger partial charge is 0.187 e. The number of hydrogen-bond donors (Lipinski definition) is 14. The summed E-state index contributed by atoms with van der Waals surface area (Å²) in [6.07, 6.45) is -24.3. The molecule has 4 aliphatic carbocycles. The number of rotatable bonds is 14. The molecule has 0 radical (unpaired) electrons. The van der Waals surface area contributed by atoms with E-state index in [-0.39, 0.29) is 67.2 Å². The van der Waals surface area contributed by atoms with Gasteiger partial charge in [-0.3, -0.25) is 0 Å². The Labute approximate surface area is 423 Å². The summed E-state index contributed by atoms with van der Waals surface area (Å²) in [4.78, 5) is 0. The first kappa shape index (κ1) is 56.3. The third-order valence-electron chi connectivity index (χ3n) is 18.9. The molecular weight excluding hydrogens is 969 g/mol. The molecule has 5 saturated heterocycles. The summed E-state index contributed by atoms with van der Waals surface area (Å²) < 4.78 is 54.1. The van der Waals surface area contributed by atoms with Crippen LogP contribution < -0.4 is 0 Å². The molecule has 5 aliphatic heterocycles. The number of aliphatic hydroxyl groups excluding tert-OH is 13. The van der Waals surface area contributed by atoms with Crippen molar-refractivity contribution in [1.29, 1.82) is 0 Å². The van der Waals surface area contributed by atoms with Gasteiger partial charge >= 0.3 is 0 Å². The lowest BCUT2D eigenvalue weighted by atomic mass is 9.46. The molecule has 5 heterocycles. The van der Waals surface area contributed by atoms with E-state index in [2.05, 4.69) is 26.5 Å². The first-order valence-corrected chi connectivity index (χ1v) is 26.1. The van der Waals surface area contributed by atoms with Gasteiger partial charge in [-0.15, -0.1) is 0 Å². The fourth-order valence-corrected chi connectivity index (χ4v) is 14.6. The Bertz CT molecular complexity index is 1950. The molecule has 23 heteroatoms. The topological polar surface area (TPSA) is 366 Å². The molecule has 0 unspecified atom stereocenters. The summed E-state index contributed by atoms with van der Waals surface area (Å²) in [7, 11) is 0. The Morgan fingerprint density at radius 1 is 0.712 bits per heavy atom. The maximum Gasteiger partial charge on any atom is 0.187 e. The summed E-state index contributed by atoms with van der Waals surface area (Å²) >= 11 is 0. The maximum absolute atomic E-state index is 12.1. The molecule has 0 amide bonds. The monoisotopic (exact) mass is 1050 g/mol. The summed E-state index contributed by atoms with van der Waals surface area (Å²) in [5, 5.41) is 150. The van der Waals surface area contributed by atoms with E-state index >= 15 is 0 Å². The largest absolute Gasteiger partial charge is 0.394 e. The molecule has 0 aromatic heterocycles. The van der Waals surface area contributed by atoms with Crippen LogP contribution in [0.2, 0.25) is 0 Å². The molecule has 23 nitrogen and oxygen atoms in total. The van der Waals surface area contributed by atoms with Gasteiger partial charge in [0.2, 0.25) is 0 Å². The lowest BCUT2D eigenvalue weighted by Gasteiger charge is -2.60. The summed E-state index contributed by atoms with van der Waals surface area (Å²) in [6.45, 7) is 10.3. The van der Waals surface area contributed by atoms with Gasteiger partial charge in [0, 0.05) is 24.2 Å². The SMILES string of the molecule is C=C(CC[C@]1(O)O[C@H]2C[C@H]3[C@@H]4CC=C5C[C@H](O)C[C@H](O[C@@H]6OC[C@H](O)[C@H](O)[C@H]6O[C@H]6O[C@@H](C)[C@@H](O)[C@@H](O[C@H]7O[C@@H](CO)[C@@H](O)[C@@H](O)[C@H]7O)[C@@H]6O)[C@@]5(C)[C@@H]4CC[C@@]3(C)[C@@H]2[C@@H]1C)CO[C@@H]1O[C@H](CO)[C@H](O)[C@H](O)[C@H]1O. The molecule has 0 bridgehead atoms. The molecule has 73 heavy (non-hydrogen) atoms. The highest BCUT2D eigenvalue weighted by Gasteiger charge is 2.69. The van der Waals surface area contributed by atoms with Crippen molar-refractivity contribution in [3.63, 3.8) is 0 Å². The first-order chi connectivity index (χ1) is 34.5. The Kier molecular flexibility index (Phi) is 16.7. The van der Waals surface area contributed by atoms with Gasteiger partial charge in [0.15, 0.2) is 30.9 Å². The van der Waals surface area contributed by atoms with E-state index in [4.69, 9.17) is 42.6 Å². The standard InChI is InChI=1S/C50H80O23/c1-19(17-65-44-39(61)37(59)35(57)29(15-51)68-44)8-11-50(64)20(2)32-28(73-50)14-26-24-7-6-22-12-23(53)13-31(49(22,5)25(24)9-10-48(26,32)4)70-47-43(34(56)27(54)18-66-47)72-46-41(63)42(33(55)21(3)67-46)71-45-40(62)38(60)36(58)30(16-52)69-45/h6,20-21,23-47,51-64H,1,7-18H2,2-5H3/t20-,21-,23-,24+,25+,26-,27-,28-,29+,30-,31-,32+,33+,34-,35-,36+,37-,38+,39+,40+,41-,42+,43+,44+,45+,46+,47-,48+,49+,50-/m0/s1. The van der Waals surface area contributed by atoms with Crippen molar-refractivity contribution in [1.82, 2.24) is 0 Å². The third kappa shape index (κ3) is 9.95. The minimum Gasteiger partial charge on any atom is -0.394 e. The molecule has 8 fully saturated rings. The summed E-state index contributed by atoms with van der Waals surface area (Å²) in [5.74, 6) is -1.21. The van der Waals surface area contributed by atoms with Crippen LogP contribution in [0.1, 0.15) is 79.1 Å². The van der Waals surface area contributed by atoms with Gasteiger partial charge in [-0.1, -0.05) is 44.6 Å². The minimum atomic E-state index is -1.85. The predicted molar refractivity (Wildman–Crippen MR) is 246 cm³/mol. The molecule has 418 valence electrons. The van der Waals surface area contributed by atoms with Gasteiger partial charge < -0.3 is 114 Å². The first-order valence-electron chi connectivity index (χ1n) is 26.1. The normalized spacial score (nSPS) is 55.0. The molecule has 0 spiro atoms. The highest BCUT2D eigenvalue weighted by molar-refractivity contribution is 5.29. The molecule has 0 aromatic rings. The lowest BCUT2D eigenvalue weighted by molar-refractivity contribution is -0.381. The van der Waals surface area contributed by atoms with Crippen molar-refractivity contribution in [3.8, 4) is 0 Å². The molecule has 3 saturated carbocycles. The van der Waals surface area contributed by atoms with Crippen molar-refractivity contribution < 1.29 is 114 Å². The fraction of sp³-hybridized carbons (Fsp3) is 0.920. The number of allylic oxidation sites excluding steroid dienone is 1. The van der Waals surface area contributed by atoms with Crippen molar-refractivity contribution in [3.05, 3.63) is 23.8 Å². The molecule has 9 rings (SSSR count). The lowest BCUT2D eigenvalue weighted by Crippen LogP contribution is -2.65. The molecule has 0 aromatic carbocycles. The second-order valence-corrected chi connectivity index (χ2v) is 23.0. The highest BCUT2D eigenvalue weighted by atomic mass is 16.8. The summed E-state index contributed by atoms with van der Waals surface area (Å²) in [5.41, 5.74) is 0.794. The Balaban J connectivity index is 0.866. The van der Waals surface area contributed by atoms with E-state index in [9.17, 15) is 71.5 Å². The maximum atomic E-state index is 12.1. The fourth-order valence-electron chi connectivity index (χ4n) is 14.6.